The highest BCUT2D eigenvalue weighted by atomic mass is 16.5. The van der Waals surface area contributed by atoms with Crippen LogP contribution in [0.25, 0.3) is 0 Å². The topological polar surface area (TPSA) is 50.4 Å². The van der Waals surface area contributed by atoms with E-state index in [4.69, 9.17) is 4.74 Å². The lowest BCUT2D eigenvalue weighted by molar-refractivity contribution is -0.114. The van der Waals surface area contributed by atoms with Crippen molar-refractivity contribution in [3.63, 3.8) is 0 Å². The summed E-state index contributed by atoms with van der Waals surface area (Å²) in [6.07, 6.45) is 1.88. The summed E-state index contributed by atoms with van der Waals surface area (Å²) in [6, 6.07) is 13.7. The predicted octanol–water partition coefficient (Wildman–Crippen LogP) is 4.26. The van der Waals surface area contributed by atoms with Gasteiger partial charge in [-0.25, -0.2) is 0 Å². The molecule has 128 valence electrons. The zero-order valence-corrected chi connectivity index (χ0v) is 14.7. The Hall–Kier alpha value is -2.49. The van der Waals surface area contributed by atoms with Gasteiger partial charge in [0.2, 0.25) is 5.91 Å². The van der Waals surface area contributed by atoms with E-state index in [2.05, 4.69) is 42.7 Å². The van der Waals surface area contributed by atoms with Gasteiger partial charge >= 0.3 is 0 Å². The molecule has 0 aliphatic rings. The molecule has 0 aliphatic carbocycles. The zero-order chi connectivity index (χ0) is 17.4. The molecule has 0 spiro atoms. The molecule has 0 saturated heterocycles. The first-order chi connectivity index (χ1) is 11.7. The molecular formula is C20H26N2O2. The number of nitrogens with one attached hydrogen (secondary N) is 2. The molecule has 2 rings (SSSR count). The molecule has 24 heavy (non-hydrogen) atoms. The first kappa shape index (κ1) is 17.9. The van der Waals surface area contributed by atoms with Crippen molar-refractivity contribution in [1.82, 2.24) is 0 Å². The van der Waals surface area contributed by atoms with Crippen molar-refractivity contribution in [2.24, 2.45) is 0 Å². The molecule has 0 atom stereocenters. The summed E-state index contributed by atoms with van der Waals surface area (Å²) in [5.41, 5.74) is 4.33. The van der Waals surface area contributed by atoms with Gasteiger partial charge in [0.15, 0.2) is 0 Å². The Morgan fingerprint density at radius 1 is 0.958 bits per heavy atom. The van der Waals surface area contributed by atoms with E-state index in [0.717, 1.165) is 30.0 Å². The highest BCUT2D eigenvalue weighted by Gasteiger charge is 2.08. The molecule has 4 nitrogen and oxygen atoms in total. The van der Waals surface area contributed by atoms with Crippen LogP contribution in [-0.2, 0) is 17.6 Å². The van der Waals surface area contributed by atoms with E-state index in [-0.39, 0.29) is 12.5 Å². The molecule has 0 radical (unpaired) electrons. The second-order valence-electron chi connectivity index (χ2n) is 5.52. The fourth-order valence-electron chi connectivity index (χ4n) is 2.64. The second kappa shape index (κ2) is 8.96. The van der Waals surface area contributed by atoms with Gasteiger partial charge in [-0.05, 0) is 55.2 Å². The number of amides is 1. The lowest BCUT2D eigenvalue weighted by Gasteiger charge is -2.15. The molecule has 2 aromatic rings. The lowest BCUT2D eigenvalue weighted by Crippen LogP contribution is -2.22. The van der Waals surface area contributed by atoms with E-state index in [1.807, 2.05) is 31.2 Å². The third-order valence-corrected chi connectivity index (χ3v) is 3.87. The van der Waals surface area contributed by atoms with Crippen LogP contribution in [0.5, 0.6) is 5.75 Å². The van der Waals surface area contributed by atoms with Gasteiger partial charge in [0.25, 0.3) is 0 Å². The highest BCUT2D eigenvalue weighted by molar-refractivity contribution is 5.94. The maximum Gasteiger partial charge on any atom is 0.243 e. The number of benzene rings is 2. The largest absolute Gasteiger partial charge is 0.494 e. The molecule has 1 amide bonds. The third kappa shape index (κ3) is 4.75. The van der Waals surface area contributed by atoms with Crippen LogP contribution < -0.4 is 15.4 Å². The number of carbonyl (C=O) groups excluding carboxylic acids is 1. The van der Waals surface area contributed by atoms with Crippen molar-refractivity contribution in [3.8, 4) is 5.75 Å². The Bertz CT molecular complexity index is 644. The van der Waals surface area contributed by atoms with Gasteiger partial charge in [0.1, 0.15) is 5.75 Å². The molecule has 2 aromatic carbocycles. The predicted molar refractivity (Wildman–Crippen MR) is 99.9 cm³/mol. The number of para-hydroxylation sites is 1. The van der Waals surface area contributed by atoms with E-state index < -0.39 is 0 Å². The maximum absolute atomic E-state index is 12.2. The van der Waals surface area contributed by atoms with Gasteiger partial charge in [-0.3, -0.25) is 4.79 Å². The number of aryl methyl sites for hydroxylation is 2. The smallest absolute Gasteiger partial charge is 0.243 e. The summed E-state index contributed by atoms with van der Waals surface area (Å²) < 4.78 is 5.40. The average Bonchev–Trinajstić information content (AvgIpc) is 2.61. The van der Waals surface area contributed by atoms with E-state index in [0.29, 0.717) is 6.61 Å². The monoisotopic (exact) mass is 326 g/mol. The Morgan fingerprint density at radius 3 is 2.12 bits per heavy atom. The van der Waals surface area contributed by atoms with Crippen LogP contribution in [0.3, 0.4) is 0 Å². The summed E-state index contributed by atoms with van der Waals surface area (Å²) in [5, 5.41) is 6.20. The van der Waals surface area contributed by atoms with Gasteiger partial charge in [0, 0.05) is 11.4 Å². The fourth-order valence-corrected chi connectivity index (χ4v) is 2.64. The summed E-state index contributed by atoms with van der Waals surface area (Å²) in [7, 11) is 0. The summed E-state index contributed by atoms with van der Waals surface area (Å²) >= 11 is 0. The standard InChI is InChI=1S/C20H26N2O2/c1-4-15-8-7-9-16(5-2)20(15)21-14-19(23)22-17-10-12-18(13-11-17)24-6-3/h7-13,21H,4-6,14H2,1-3H3,(H,22,23). The van der Waals surface area contributed by atoms with Crippen LogP contribution in [0.2, 0.25) is 0 Å². The Kier molecular flexibility index (Phi) is 6.67. The van der Waals surface area contributed by atoms with E-state index in [1.165, 1.54) is 11.1 Å². The molecule has 0 heterocycles. The SMILES string of the molecule is CCOc1ccc(NC(=O)CNc2c(CC)cccc2CC)cc1. The van der Waals surface area contributed by atoms with Crippen molar-refractivity contribution in [2.75, 3.05) is 23.8 Å². The quantitative estimate of drug-likeness (QED) is 0.762. The number of rotatable bonds is 8. The second-order valence-corrected chi connectivity index (χ2v) is 5.52. The Morgan fingerprint density at radius 2 is 1.58 bits per heavy atom. The van der Waals surface area contributed by atoms with Crippen molar-refractivity contribution < 1.29 is 9.53 Å². The minimum atomic E-state index is -0.0629. The molecule has 0 fully saturated rings. The first-order valence-electron chi connectivity index (χ1n) is 8.55. The number of ether oxygens (including phenoxy) is 1. The van der Waals surface area contributed by atoms with Crippen LogP contribution in [0.4, 0.5) is 11.4 Å². The minimum Gasteiger partial charge on any atom is -0.494 e. The molecule has 0 saturated carbocycles. The van der Waals surface area contributed by atoms with Crippen LogP contribution in [-0.4, -0.2) is 19.1 Å². The van der Waals surface area contributed by atoms with Gasteiger partial charge in [0.05, 0.1) is 13.2 Å². The van der Waals surface area contributed by atoms with Gasteiger partial charge in [-0.2, -0.15) is 0 Å². The van der Waals surface area contributed by atoms with E-state index >= 15 is 0 Å². The van der Waals surface area contributed by atoms with Crippen molar-refractivity contribution >= 4 is 17.3 Å². The summed E-state index contributed by atoms with van der Waals surface area (Å²) in [4.78, 5) is 12.2. The van der Waals surface area contributed by atoms with Crippen LogP contribution in [0.15, 0.2) is 42.5 Å². The lowest BCUT2D eigenvalue weighted by atomic mass is 10.0. The molecule has 0 aromatic heterocycles. The minimum absolute atomic E-state index is 0.0629. The van der Waals surface area contributed by atoms with Crippen molar-refractivity contribution in [3.05, 3.63) is 53.6 Å². The summed E-state index contributed by atoms with van der Waals surface area (Å²) in [5.74, 6) is 0.741. The van der Waals surface area contributed by atoms with Crippen LogP contribution in [0.1, 0.15) is 31.9 Å². The van der Waals surface area contributed by atoms with Crippen molar-refractivity contribution in [1.29, 1.82) is 0 Å². The summed E-state index contributed by atoms with van der Waals surface area (Å²) in [6.45, 7) is 7.07. The maximum atomic E-state index is 12.2. The number of anilines is 2. The van der Waals surface area contributed by atoms with Gasteiger partial charge in [-0.1, -0.05) is 32.0 Å². The van der Waals surface area contributed by atoms with Crippen LogP contribution in [0, 0.1) is 0 Å². The van der Waals surface area contributed by atoms with Crippen molar-refractivity contribution in [2.45, 2.75) is 33.6 Å². The van der Waals surface area contributed by atoms with Crippen LogP contribution >= 0.6 is 0 Å². The fraction of sp³-hybridized carbons (Fsp3) is 0.350. The molecule has 2 N–H and O–H groups in total. The van der Waals surface area contributed by atoms with E-state index in [1.54, 1.807) is 0 Å². The zero-order valence-electron chi connectivity index (χ0n) is 14.7. The normalized spacial score (nSPS) is 10.3. The van der Waals surface area contributed by atoms with Gasteiger partial charge < -0.3 is 15.4 Å². The molecule has 0 bridgehead atoms. The molecule has 0 unspecified atom stereocenters. The van der Waals surface area contributed by atoms with Gasteiger partial charge in [-0.15, -0.1) is 0 Å². The molecular weight excluding hydrogens is 300 g/mol. The first-order valence-corrected chi connectivity index (χ1v) is 8.55. The molecule has 4 heteroatoms. The van der Waals surface area contributed by atoms with E-state index in [9.17, 15) is 4.79 Å². The Balaban J connectivity index is 1.96. The number of hydrogen-bond acceptors (Lipinski definition) is 3. The number of hydrogen-bond donors (Lipinski definition) is 2. The molecule has 0 aliphatic heterocycles. The number of carbonyl (C=O) groups is 1. The Labute approximate surface area is 144 Å². The average molecular weight is 326 g/mol. The highest BCUT2D eigenvalue weighted by Crippen LogP contribution is 2.22. The third-order valence-electron chi connectivity index (χ3n) is 3.87.